The SMILES string of the molecule is C[C-](C)C.[CH2-]c1cn(CCOCCC(C)(C)C)nn1.[U+2]. The molecule has 1 rings (SSSR count). The van der Waals surface area contributed by atoms with E-state index in [1.165, 1.54) is 5.92 Å². The van der Waals surface area contributed by atoms with Crippen molar-refractivity contribution in [3.63, 3.8) is 0 Å². The molecule has 5 heteroatoms. The van der Waals surface area contributed by atoms with Crippen molar-refractivity contribution >= 4 is 0 Å². The minimum atomic E-state index is 0. The molecule has 0 radical (unpaired) electrons. The summed E-state index contributed by atoms with van der Waals surface area (Å²) in [6, 6.07) is 0. The minimum Gasteiger partial charge on any atom is -0.380 e. The quantitative estimate of drug-likeness (QED) is 0.454. The van der Waals surface area contributed by atoms with Crippen molar-refractivity contribution in [1.29, 1.82) is 0 Å². The summed E-state index contributed by atoms with van der Waals surface area (Å²) in [5.74, 6) is 1.42. The molecule has 0 saturated carbocycles. The second kappa shape index (κ2) is 11.7. The van der Waals surface area contributed by atoms with Crippen molar-refractivity contribution in [2.75, 3.05) is 13.2 Å². The van der Waals surface area contributed by atoms with Gasteiger partial charge in [-0.1, -0.05) is 37.9 Å². The molecule has 0 aliphatic carbocycles. The molecular formula is C15H29N3OU. The molecule has 0 N–H and O–H groups in total. The Morgan fingerprint density at radius 1 is 1.25 bits per heavy atom. The van der Waals surface area contributed by atoms with Crippen molar-refractivity contribution in [3.05, 3.63) is 24.7 Å². The summed E-state index contributed by atoms with van der Waals surface area (Å²) in [6.07, 6.45) is 2.89. The predicted octanol–water partition coefficient (Wildman–Crippen LogP) is 3.53. The Morgan fingerprint density at radius 3 is 2.20 bits per heavy atom. The average molecular weight is 505 g/mol. The van der Waals surface area contributed by atoms with Crippen LogP contribution in [0.1, 0.15) is 53.7 Å². The van der Waals surface area contributed by atoms with Gasteiger partial charge >= 0.3 is 31.1 Å². The van der Waals surface area contributed by atoms with E-state index in [1.54, 1.807) is 4.68 Å². The number of hydrogen-bond donors (Lipinski definition) is 0. The summed E-state index contributed by atoms with van der Waals surface area (Å²) in [5, 5.41) is 7.69. The van der Waals surface area contributed by atoms with E-state index in [-0.39, 0.29) is 31.1 Å². The van der Waals surface area contributed by atoms with Gasteiger partial charge in [-0.3, -0.25) is 0 Å². The van der Waals surface area contributed by atoms with Gasteiger partial charge in [0.2, 0.25) is 0 Å². The first-order chi connectivity index (χ1) is 8.70. The van der Waals surface area contributed by atoms with Crippen LogP contribution in [0.3, 0.4) is 0 Å². The van der Waals surface area contributed by atoms with E-state index < -0.39 is 0 Å². The van der Waals surface area contributed by atoms with Gasteiger partial charge in [-0.15, -0.1) is 0 Å². The van der Waals surface area contributed by atoms with E-state index in [2.05, 4.69) is 58.8 Å². The third kappa shape index (κ3) is 16.1. The van der Waals surface area contributed by atoms with Gasteiger partial charge in [0.05, 0.1) is 6.61 Å². The van der Waals surface area contributed by atoms with Gasteiger partial charge in [0, 0.05) is 13.2 Å². The first-order valence-corrected chi connectivity index (χ1v) is 6.77. The Hall–Kier alpha value is 0.0219. The van der Waals surface area contributed by atoms with Crippen LogP contribution in [0.15, 0.2) is 6.20 Å². The average Bonchev–Trinajstić information content (AvgIpc) is 2.61. The smallest absolute Gasteiger partial charge is 0.380 e. The Morgan fingerprint density at radius 2 is 1.80 bits per heavy atom. The van der Waals surface area contributed by atoms with Crippen molar-refractivity contribution in [1.82, 2.24) is 15.0 Å². The molecule has 0 unspecified atom stereocenters. The Bertz CT molecular complexity index is 329. The second-order valence-electron chi connectivity index (χ2n) is 6.40. The maximum absolute atomic E-state index is 5.51. The number of hydrogen-bond acceptors (Lipinski definition) is 3. The van der Waals surface area contributed by atoms with Crippen molar-refractivity contribution < 1.29 is 35.9 Å². The number of aromatic nitrogens is 3. The molecule has 114 valence electrons. The summed E-state index contributed by atoms with van der Waals surface area (Å²) in [6.45, 7) is 18.8. The van der Waals surface area contributed by atoms with Gasteiger partial charge in [0.1, 0.15) is 0 Å². The van der Waals surface area contributed by atoms with Crippen LogP contribution < -0.4 is 0 Å². The molecule has 0 spiro atoms. The predicted molar refractivity (Wildman–Crippen MR) is 79.6 cm³/mol. The molecule has 1 heterocycles. The van der Waals surface area contributed by atoms with E-state index in [0.717, 1.165) is 19.6 Å². The van der Waals surface area contributed by atoms with Gasteiger partial charge in [0.25, 0.3) is 0 Å². The Kier molecular flexibility index (Phi) is 13.0. The van der Waals surface area contributed by atoms with E-state index >= 15 is 0 Å². The molecule has 1 aromatic rings. The molecule has 0 bridgehead atoms. The topological polar surface area (TPSA) is 39.9 Å². The zero-order chi connectivity index (χ0) is 14.9. The zero-order valence-electron chi connectivity index (χ0n) is 13.9. The third-order valence-corrected chi connectivity index (χ3v) is 2.05. The molecular weight excluding hydrogens is 476 g/mol. The first-order valence-electron chi connectivity index (χ1n) is 6.77. The van der Waals surface area contributed by atoms with Crippen LogP contribution in [0.2, 0.25) is 0 Å². The number of rotatable bonds is 5. The maximum atomic E-state index is 5.51. The van der Waals surface area contributed by atoms with Gasteiger partial charge in [-0.2, -0.15) is 25.9 Å². The van der Waals surface area contributed by atoms with E-state index in [1.807, 2.05) is 6.20 Å². The van der Waals surface area contributed by atoms with Crippen LogP contribution >= 0.6 is 0 Å². The minimum absolute atomic E-state index is 0. The zero-order valence-corrected chi connectivity index (χ0v) is 18.0. The summed E-state index contributed by atoms with van der Waals surface area (Å²) in [4.78, 5) is 0. The summed E-state index contributed by atoms with van der Waals surface area (Å²) in [5.41, 5.74) is 1.04. The second-order valence-corrected chi connectivity index (χ2v) is 6.40. The molecule has 0 fully saturated rings. The Balaban J connectivity index is 0. The van der Waals surface area contributed by atoms with Gasteiger partial charge in [-0.25, -0.2) is 6.92 Å². The van der Waals surface area contributed by atoms with Crippen LogP contribution in [0.25, 0.3) is 0 Å². The molecule has 0 amide bonds. The van der Waals surface area contributed by atoms with E-state index in [0.29, 0.717) is 17.7 Å². The third-order valence-electron chi connectivity index (χ3n) is 2.05. The summed E-state index contributed by atoms with van der Waals surface area (Å²) >= 11 is 0. The Labute approximate surface area is 148 Å². The fraction of sp³-hybridized carbons (Fsp3) is 0.733. The molecule has 4 nitrogen and oxygen atoms in total. The molecule has 0 aliphatic heterocycles. The number of nitrogens with zero attached hydrogens (tertiary/aromatic N) is 3. The van der Waals surface area contributed by atoms with E-state index in [4.69, 9.17) is 4.74 Å². The monoisotopic (exact) mass is 505 g/mol. The van der Waals surface area contributed by atoms with Crippen LogP contribution in [0.5, 0.6) is 0 Å². The van der Waals surface area contributed by atoms with Crippen LogP contribution in [-0.4, -0.2) is 28.2 Å². The molecule has 20 heavy (non-hydrogen) atoms. The number of ether oxygens (including phenoxy) is 1. The molecule has 0 saturated heterocycles. The summed E-state index contributed by atoms with van der Waals surface area (Å²) in [7, 11) is 0. The molecule has 1 aromatic heterocycles. The fourth-order valence-electron chi connectivity index (χ4n) is 1.09. The maximum Gasteiger partial charge on any atom is 2.00 e. The molecule has 0 aliphatic rings. The van der Waals surface area contributed by atoms with Crippen molar-refractivity contribution in [2.24, 2.45) is 5.41 Å². The normalized spacial score (nSPS) is 10.8. The van der Waals surface area contributed by atoms with Crippen molar-refractivity contribution in [3.8, 4) is 0 Å². The molecule has 0 aromatic carbocycles. The van der Waals surface area contributed by atoms with Gasteiger partial charge < -0.3 is 15.3 Å². The van der Waals surface area contributed by atoms with Crippen LogP contribution in [0, 0.1) is 49.4 Å². The largest absolute Gasteiger partial charge is 2.00 e. The van der Waals surface area contributed by atoms with E-state index in [9.17, 15) is 0 Å². The van der Waals surface area contributed by atoms with Gasteiger partial charge in [-0.05, 0) is 11.8 Å². The fourth-order valence-corrected chi connectivity index (χ4v) is 1.09. The van der Waals surface area contributed by atoms with Crippen LogP contribution in [-0.2, 0) is 11.3 Å². The summed E-state index contributed by atoms with van der Waals surface area (Å²) < 4.78 is 7.26. The molecule has 0 atom stereocenters. The van der Waals surface area contributed by atoms with Crippen molar-refractivity contribution in [2.45, 2.75) is 54.5 Å². The van der Waals surface area contributed by atoms with Gasteiger partial charge in [0.15, 0.2) is 0 Å². The van der Waals surface area contributed by atoms with Crippen LogP contribution in [0.4, 0.5) is 0 Å². The first kappa shape index (κ1) is 22.3. The standard InChI is InChI=1S/C11H20N3O.C4H9.U/c1-10-9-14(13-12-10)6-8-15-7-5-11(2,3)4;1-4(2)3;/h9H,1,5-8H2,2-4H3;1-3H3;/q2*-1;+2.